The fraction of sp³-hybridized carbons (Fsp3) is 0.583. The highest BCUT2D eigenvalue weighted by molar-refractivity contribution is 5.72. The molecule has 4 rings (SSSR count). The average molecular weight is 442 g/mol. The van der Waals surface area contributed by atoms with Crippen molar-refractivity contribution in [2.24, 2.45) is 0 Å². The first kappa shape index (κ1) is 22.5. The number of nitrogens with zero attached hydrogens (tertiary/aromatic N) is 3. The normalized spacial score (nSPS) is 18.5. The summed E-state index contributed by atoms with van der Waals surface area (Å²) < 4.78 is 8.47. The van der Waals surface area contributed by atoms with Crippen LogP contribution >= 0.6 is 0 Å². The Kier molecular flexibility index (Phi) is 6.89. The Labute approximate surface area is 189 Å². The van der Waals surface area contributed by atoms with Gasteiger partial charge in [-0.1, -0.05) is 38.3 Å². The average Bonchev–Trinajstić information content (AvgIpc) is 3.15. The third-order valence-electron chi connectivity index (χ3n) is 6.53. The number of fused-ring (bicyclic) bond motifs is 1. The highest BCUT2D eigenvalue weighted by Gasteiger charge is 2.36. The van der Waals surface area contributed by atoms with Crippen LogP contribution in [-0.4, -0.2) is 28.6 Å². The van der Waals surface area contributed by atoms with Gasteiger partial charge in [0.05, 0.1) is 7.11 Å². The Balaban J connectivity index is 1.78. The molecule has 1 aliphatic carbocycles. The fourth-order valence-corrected chi connectivity index (χ4v) is 4.90. The summed E-state index contributed by atoms with van der Waals surface area (Å²) in [6.45, 7) is 5.34. The fourth-order valence-electron chi connectivity index (χ4n) is 4.90. The second-order valence-corrected chi connectivity index (χ2v) is 8.71. The first-order valence-corrected chi connectivity index (χ1v) is 11.9. The van der Waals surface area contributed by atoms with E-state index in [0.717, 1.165) is 30.6 Å². The van der Waals surface area contributed by atoms with Crippen LogP contribution in [0, 0.1) is 0 Å². The summed E-state index contributed by atoms with van der Waals surface area (Å²) in [5, 5.41) is 7.24. The minimum Gasteiger partial charge on any atom is -0.497 e. The molecule has 0 radical (unpaired) electrons. The number of benzene rings is 1. The van der Waals surface area contributed by atoms with E-state index in [0.29, 0.717) is 37.2 Å². The first-order valence-electron chi connectivity index (χ1n) is 11.9. The molecule has 174 valence electrons. The molecule has 1 unspecified atom stereocenters. The molecule has 2 heterocycles. The van der Waals surface area contributed by atoms with Gasteiger partial charge in [0, 0.05) is 25.7 Å². The van der Waals surface area contributed by atoms with Crippen molar-refractivity contribution in [3.63, 3.8) is 0 Å². The minimum absolute atomic E-state index is 0.233. The number of rotatable bonds is 8. The van der Waals surface area contributed by atoms with Crippen LogP contribution in [0.5, 0.6) is 5.75 Å². The van der Waals surface area contributed by atoms with Gasteiger partial charge in [-0.05, 0) is 43.9 Å². The summed E-state index contributed by atoms with van der Waals surface area (Å²) in [5.74, 6) is 1.41. The summed E-state index contributed by atoms with van der Waals surface area (Å²) in [7, 11) is 1.66. The molecule has 1 aliphatic heterocycles. The molecular weight excluding hydrogens is 406 g/mol. The molecule has 2 aliphatic rings. The quantitative estimate of drug-likeness (QED) is 0.655. The lowest BCUT2D eigenvalue weighted by molar-refractivity contribution is 0.344. The van der Waals surface area contributed by atoms with Crippen molar-refractivity contribution in [2.75, 3.05) is 17.3 Å². The molecule has 2 N–H and O–H groups in total. The zero-order chi connectivity index (χ0) is 22.7. The molecule has 1 aromatic heterocycles. The van der Waals surface area contributed by atoms with Crippen LogP contribution in [0.15, 0.2) is 33.9 Å². The van der Waals surface area contributed by atoms with Gasteiger partial charge in [-0.15, -0.1) is 0 Å². The molecule has 0 bridgehead atoms. The second kappa shape index (κ2) is 9.81. The van der Waals surface area contributed by atoms with Crippen molar-refractivity contribution in [3.05, 3.63) is 50.7 Å². The van der Waals surface area contributed by atoms with E-state index in [4.69, 9.17) is 4.74 Å². The molecule has 1 aromatic carbocycles. The monoisotopic (exact) mass is 441 g/mol. The molecule has 0 amide bonds. The third-order valence-corrected chi connectivity index (χ3v) is 6.53. The van der Waals surface area contributed by atoms with Crippen LogP contribution in [0.3, 0.4) is 0 Å². The maximum absolute atomic E-state index is 13.4. The van der Waals surface area contributed by atoms with E-state index in [2.05, 4.69) is 15.5 Å². The highest BCUT2D eigenvalue weighted by Crippen LogP contribution is 2.32. The lowest BCUT2D eigenvalue weighted by Gasteiger charge is -2.32. The van der Waals surface area contributed by atoms with E-state index in [9.17, 15) is 9.59 Å². The lowest BCUT2D eigenvalue weighted by Crippen LogP contribution is -2.52. The van der Waals surface area contributed by atoms with Crippen LogP contribution in [0.1, 0.15) is 57.9 Å². The van der Waals surface area contributed by atoms with Gasteiger partial charge in [-0.2, -0.15) is 0 Å². The Morgan fingerprint density at radius 3 is 2.59 bits per heavy atom. The van der Waals surface area contributed by atoms with E-state index < -0.39 is 0 Å². The number of hydrogen-bond donors (Lipinski definition) is 2. The van der Waals surface area contributed by atoms with Crippen LogP contribution in [0.25, 0.3) is 0 Å². The maximum Gasteiger partial charge on any atom is 0.332 e. The van der Waals surface area contributed by atoms with Crippen molar-refractivity contribution in [2.45, 2.75) is 84.3 Å². The van der Waals surface area contributed by atoms with Crippen molar-refractivity contribution in [1.82, 2.24) is 14.5 Å². The van der Waals surface area contributed by atoms with E-state index >= 15 is 0 Å². The Hall–Kier alpha value is -2.74. The molecule has 8 nitrogen and oxygen atoms in total. The smallest absolute Gasteiger partial charge is 0.332 e. The third kappa shape index (κ3) is 4.28. The van der Waals surface area contributed by atoms with Crippen LogP contribution < -0.4 is 31.5 Å². The number of methoxy groups -OCH3 is 1. The van der Waals surface area contributed by atoms with Crippen molar-refractivity contribution in [1.29, 1.82) is 0 Å². The van der Waals surface area contributed by atoms with Crippen LogP contribution in [0.4, 0.5) is 11.5 Å². The van der Waals surface area contributed by atoms with E-state index in [1.807, 2.05) is 38.1 Å². The SMILES string of the molecule is CCCn1c2c(c(=O)n(CC)c1=O)N(Cc1cccc(OC)c1)C(NC1CCCCC1)N2. The van der Waals surface area contributed by atoms with Gasteiger partial charge in [0.1, 0.15) is 17.3 Å². The number of anilines is 2. The Morgan fingerprint density at radius 1 is 1.12 bits per heavy atom. The molecular formula is C24H35N5O3. The summed E-state index contributed by atoms with van der Waals surface area (Å²) in [4.78, 5) is 28.6. The largest absolute Gasteiger partial charge is 0.497 e. The molecule has 0 spiro atoms. The zero-order valence-electron chi connectivity index (χ0n) is 19.4. The lowest BCUT2D eigenvalue weighted by atomic mass is 9.95. The van der Waals surface area contributed by atoms with Gasteiger partial charge in [0.15, 0.2) is 6.29 Å². The standard InChI is InChI=1S/C24H35N5O3/c1-4-14-28-21-20(22(30)27(5-2)24(28)31)29(16-17-10-9-13-19(15-17)32-3)23(26-21)25-18-11-7-6-8-12-18/h9-10,13,15,18,23,25-26H,4-8,11-12,14,16H2,1-3H3. The van der Waals surface area contributed by atoms with Crippen LogP contribution in [-0.2, 0) is 19.6 Å². The summed E-state index contributed by atoms with van der Waals surface area (Å²) >= 11 is 0. The van der Waals surface area contributed by atoms with Crippen molar-refractivity contribution < 1.29 is 4.74 Å². The molecule has 1 saturated carbocycles. The number of hydrogen-bond acceptors (Lipinski definition) is 6. The van der Waals surface area contributed by atoms with Gasteiger partial charge in [0.2, 0.25) is 0 Å². The second-order valence-electron chi connectivity index (χ2n) is 8.71. The van der Waals surface area contributed by atoms with Gasteiger partial charge in [0.25, 0.3) is 5.56 Å². The highest BCUT2D eigenvalue weighted by atomic mass is 16.5. The molecule has 2 aromatic rings. The Morgan fingerprint density at radius 2 is 1.91 bits per heavy atom. The van der Waals surface area contributed by atoms with Crippen molar-refractivity contribution >= 4 is 11.5 Å². The summed E-state index contributed by atoms with van der Waals surface area (Å²) in [5.41, 5.74) is 1.13. The number of aromatic nitrogens is 2. The van der Waals surface area contributed by atoms with E-state index in [-0.39, 0.29) is 17.5 Å². The molecule has 8 heteroatoms. The molecule has 1 fully saturated rings. The van der Waals surface area contributed by atoms with Gasteiger partial charge >= 0.3 is 5.69 Å². The Bertz CT molecular complexity index is 1050. The predicted octanol–water partition coefficient (Wildman–Crippen LogP) is 3.09. The minimum atomic E-state index is -0.248. The topological polar surface area (TPSA) is 80.5 Å². The van der Waals surface area contributed by atoms with Gasteiger partial charge in [-0.3, -0.25) is 19.2 Å². The maximum atomic E-state index is 13.4. The van der Waals surface area contributed by atoms with E-state index in [1.54, 1.807) is 11.7 Å². The van der Waals surface area contributed by atoms with Gasteiger partial charge in [-0.25, -0.2) is 4.79 Å². The molecule has 1 atom stereocenters. The van der Waals surface area contributed by atoms with Crippen molar-refractivity contribution in [3.8, 4) is 5.75 Å². The zero-order valence-corrected chi connectivity index (χ0v) is 19.4. The van der Waals surface area contributed by atoms with E-state index in [1.165, 1.54) is 23.8 Å². The summed E-state index contributed by atoms with van der Waals surface area (Å²) in [6.07, 6.45) is 6.54. The summed E-state index contributed by atoms with van der Waals surface area (Å²) in [6, 6.07) is 8.31. The predicted molar refractivity (Wildman–Crippen MR) is 128 cm³/mol. The molecule has 32 heavy (non-hydrogen) atoms. The van der Waals surface area contributed by atoms with Crippen LogP contribution in [0.2, 0.25) is 0 Å². The molecule has 0 saturated heterocycles. The first-order chi connectivity index (χ1) is 15.6. The number of ether oxygens (including phenoxy) is 1. The van der Waals surface area contributed by atoms with Gasteiger partial charge < -0.3 is 15.0 Å². The number of nitrogens with one attached hydrogen (secondary N) is 2.